The van der Waals surface area contributed by atoms with Crippen molar-refractivity contribution in [3.8, 4) is 0 Å². The van der Waals surface area contributed by atoms with Crippen molar-refractivity contribution < 1.29 is 34.2 Å². The molecule has 0 rings (SSSR count). The number of carboxylic acids is 1. The van der Waals surface area contributed by atoms with Crippen molar-refractivity contribution in [2.24, 2.45) is 23.3 Å². The second kappa shape index (κ2) is 14.4. The lowest BCUT2D eigenvalue weighted by atomic mass is 10.00. The Balaban J connectivity index is 5.41. The van der Waals surface area contributed by atoms with Crippen molar-refractivity contribution in [3.63, 3.8) is 0 Å². The number of carbonyl (C=O) groups is 5. The van der Waals surface area contributed by atoms with Crippen LogP contribution in [0.3, 0.4) is 0 Å². The number of rotatable bonds is 15. The minimum Gasteiger partial charge on any atom is -0.480 e. The highest BCUT2D eigenvalue weighted by Crippen LogP contribution is 2.09. The lowest BCUT2D eigenvalue weighted by Crippen LogP contribution is -2.60. The van der Waals surface area contributed by atoms with Crippen molar-refractivity contribution in [1.82, 2.24) is 16.0 Å². The van der Waals surface area contributed by atoms with E-state index < -0.39 is 59.9 Å². The molecule has 0 saturated heterocycles. The molecule has 12 nitrogen and oxygen atoms in total. The Morgan fingerprint density at radius 3 is 1.73 bits per heavy atom. The number of aliphatic hydroxyl groups is 1. The summed E-state index contributed by atoms with van der Waals surface area (Å²) in [7, 11) is 0. The summed E-state index contributed by atoms with van der Waals surface area (Å²) in [4.78, 5) is 60.2. The summed E-state index contributed by atoms with van der Waals surface area (Å²) in [5, 5.41) is 26.5. The Morgan fingerprint density at radius 2 is 1.30 bits per heavy atom. The predicted octanol–water partition coefficient (Wildman–Crippen LogP) is -1.41. The molecule has 0 aromatic heterocycles. The maximum atomic E-state index is 12.9. The maximum absolute atomic E-state index is 12.9. The van der Waals surface area contributed by atoms with Gasteiger partial charge in [0.1, 0.15) is 18.1 Å². The lowest BCUT2D eigenvalue weighted by Gasteiger charge is -2.27. The molecule has 0 radical (unpaired) electrons. The number of carboxylic acid groups (broad SMARTS) is 1. The molecule has 0 spiro atoms. The normalized spacial score (nSPS) is 15.8. The van der Waals surface area contributed by atoms with E-state index >= 15 is 0 Å². The number of hydrogen-bond donors (Lipinski definition) is 7. The van der Waals surface area contributed by atoms with Crippen molar-refractivity contribution in [2.75, 3.05) is 0 Å². The Morgan fingerprint density at radius 1 is 0.788 bits per heavy atom. The SMILES string of the molecule is CC(C)CC(N)C(=O)NC(CC(C)C)C(=O)NC(C(=O)NC(CCC(N)=O)C(=O)O)C(C)O. The molecule has 0 bridgehead atoms. The van der Waals surface area contributed by atoms with Crippen LogP contribution in [0, 0.1) is 11.8 Å². The summed E-state index contributed by atoms with van der Waals surface area (Å²) in [6.07, 6.45) is -1.24. The van der Waals surface area contributed by atoms with Gasteiger partial charge in [-0.15, -0.1) is 0 Å². The third-order valence-corrected chi connectivity index (χ3v) is 4.76. The van der Waals surface area contributed by atoms with E-state index in [9.17, 15) is 34.2 Å². The largest absolute Gasteiger partial charge is 0.480 e. The molecule has 12 heteroatoms. The molecule has 4 amide bonds. The fraction of sp³-hybridized carbons (Fsp3) is 0.762. The molecule has 0 aromatic rings. The van der Waals surface area contributed by atoms with Crippen LogP contribution in [0.15, 0.2) is 0 Å². The number of aliphatic carboxylic acids is 1. The average molecular weight is 474 g/mol. The summed E-state index contributed by atoms with van der Waals surface area (Å²) in [6.45, 7) is 8.75. The van der Waals surface area contributed by atoms with E-state index in [4.69, 9.17) is 11.5 Å². The second-order valence-corrected chi connectivity index (χ2v) is 9.06. The molecule has 0 saturated carbocycles. The quantitative estimate of drug-likeness (QED) is 0.150. The molecule has 0 aliphatic carbocycles. The van der Waals surface area contributed by atoms with Crippen LogP contribution in [0.4, 0.5) is 0 Å². The number of amides is 4. The van der Waals surface area contributed by atoms with Gasteiger partial charge in [-0.25, -0.2) is 4.79 Å². The van der Waals surface area contributed by atoms with Crippen molar-refractivity contribution >= 4 is 29.6 Å². The predicted molar refractivity (Wildman–Crippen MR) is 120 cm³/mol. The Bertz CT molecular complexity index is 696. The van der Waals surface area contributed by atoms with E-state index in [1.54, 1.807) is 0 Å². The summed E-state index contributed by atoms with van der Waals surface area (Å²) in [5.74, 6) is -4.15. The van der Waals surface area contributed by atoms with Gasteiger partial charge in [-0.3, -0.25) is 19.2 Å². The van der Waals surface area contributed by atoms with Crippen molar-refractivity contribution in [2.45, 2.75) is 90.6 Å². The molecule has 0 aliphatic heterocycles. The fourth-order valence-electron chi connectivity index (χ4n) is 3.06. The van der Waals surface area contributed by atoms with Crippen LogP contribution in [0.2, 0.25) is 0 Å². The molecule has 190 valence electrons. The van der Waals surface area contributed by atoms with Gasteiger partial charge in [0.15, 0.2) is 0 Å². The third-order valence-electron chi connectivity index (χ3n) is 4.76. The molecule has 9 N–H and O–H groups in total. The van der Waals surface area contributed by atoms with E-state index in [0.717, 1.165) is 0 Å². The zero-order valence-electron chi connectivity index (χ0n) is 20.0. The van der Waals surface area contributed by atoms with Crippen LogP contribution in [0.1, 0.15) is 60.3 Å². The van der Waals surface area contributed by atoms with Crippen molar-refractivity contribution in [1.29, 1.82) is 0 Å². The standard InChI is InChI=1S/C21H39N5O7/c1-10(2)8-13(22)18(29)25-15(9-11(3)4)19(30)26-17(12(5)27)20(31)24-14(21(32)33)6-7-16(23)28/h10-15,17,27H,6-9,22H2,1-5H3,(H2,23,28)(H,24,31)(H,25,29)(H,26,30)(H,32,33). The van der Waals surface area contributed by atoms with Crippen LogP contribution in [0.25, 0.3) is 0 Å². The highest BCUT2D eigenvalue weighted by atomic mass is 16.4. The van der Waals surface area contributed by atoms with E-state index in [-0.39, 0.29) is 31.1 Å². The molecular weight excluding hydrogens is 434 g/mol. The Hall–Kier alpha value is -2.73. The van der Waals surface area contributed by atoms with Gasteiger partial charge in [-0.05, 0) is 38.0 Å². The fourth-order valence-corrected chi connectivity index (χ4v) is 3.06. The van der Waals surface area contributed by atoms with Crippen LogP contribution in [-0.2, 0) is 24.0 Å². The first-order valence-electron chi connectivity index (χ1n) is 11.0. The summed E-state index contributed by atoms with van der Waals surface area (Å²) in [5.41, 5.74) is 10.9. The lowest BCUT2D eigenvalue weighted by molar-refractivity contribution is -0.143. The van der Waals surface area contributed by atoms with Crippen LogP contribution < -0.4 is 27.4 Å². The molecular formula is C21H39N5O7. The highest BCUT2D eigenvalue weighted by Gasteiger charge is 2.33. The topological polar surface area (TPSA) is 214 Å². The number of hydrogen-bond acceptors (Lipinski definition) is 7. The highest BCUT2D eigenvalue weighted by molar-refractivity contribution is 5.94. The zero-order valence-corrected chi connectivity index (χ0v) is 20.0. The molecule has 33 heavy (non-hydrogen) atoms. The minimum atomic E-state index is -1.50. The van der Waals surface area contributed by atoms with E-state index in [0.29, 0.717) is 6.42 Å². The summed E-state index contributed by atoms with van der Waals surface area (Å²) >= 11 is 0. The van der Waals surface area contributed by atoms with Gasteiger partial charge in [0.25, 0.3) is 0 Å². The number of carbonyl (C=O) groups excluding carboxylic acids is 4. The van der Waals surface area contributed by atoms with Gasteiger partial charge >= 0.3 is 5.97 Å². The minimum absolute atomic E-state index is 0.00592. The van der Waals surface area contributed by atoms with Gasteiger partial charge < -0.3 is 37.6 Å². The van der Waals surface area contributed by atoms with Gasteiger partial charge in [-0.1, -0.05) is 27.7 Å². The number of nitrogens with one attached hydrogen (secondary N) is 3. The molecule has 5 atom stereocenters. The van der Waals surface area contributed by atoms with Gasteiger partial charge in [-0.2, -0.15) is 0 Å². The average Bonchev–Trinajstić information content (AvgIpc) is 2.66. The van der Waals surface area contributed by atoms with Crippen LogP contribution in [0.5, 0.6) is 0 Å². The molecule has 5 unspecified atom stereocenters. The van der Waals surface area contributed by atoms with Gasteiger partial charge in [0.05, 0.1) is 12.1 Å². The second-order valence-electron chi connectivity index (χ2n) is 9.06. The summed E-state index contributed by atoms with van der Waals surface area (Å²) in [6, 6.07) is -4.77. The van der Waals surface area contributed by atoms with Crippen LogP contribution >= 0.6 is 0 Å². The van der Waals surface area contributed by atoms with E-state index in [2.05, 4.69) is 16.0 Å². The smallest absolute Gasteiger partial charge is 0.326 e. The molecule has 0 fully saturated rings. The van der Waals surface area contributed by atoms with E-state index in [1.165, 1.54) is 6.92 Å². The number of primary amides is 1. The van der Waals surface area contributed by atoms with Crippen molar-refractivity contribution in [3.05, 3.63) is 0 Å². The first-order valence-corrected chi connectivity index (χ1v) is 11.0. The molecule has 0 aromatic carbocycles. The third kappa shape index (κ3) is 12.2. The molecule has 0 aliphatic rings. The first-order chi connectivity index (χ1) is 15.1. The number of nitrogens with two attached hydrogens (primary N) is 2. The van der Waals surface area contributed by atoms with Crippen LogP contribution in [-0.4, -0.2) is 70.1 Å². The number of aliphatic hydroxyl groups excluding tert-OH is 1. The van der Waals surface area contributed by atoms with Gasteiger partial charge in [0.2, 0.25) is 23.6 Å². The maximum Gasteiger partial charge on any atom is 0.326 e. The monoisotopic (exact) mass is 473 g/mol. The van der Waals surface area contributed by atoms with Gasteiger partial charge in [0, 0.05) is 6.42 Å². The Labute approximate surface area is 194 Å². The zero-order chi connectivity index (χ0) is 25.9. The van der Waals surface area contributed by atoms with E-state index in [1.807, 2.05) is 27.7 Å². The first kappa shape index (κ1) is 30.3. The molecule has 0 heterocycles. The summed E-state index contributed by atoms with van der Waals surface area (Å²) < 4.78 is 0. The Kier molecular flexibility index (Phi) is 13.2.